The lowest BCUT2D eigenvalue weighted by molar-refractivity contribution is 0.635. The van der Waals surface area contributed by atoms with Gasteiger partial charge in [-0.05, 0) is 130 Å². The average Bonchev–Trinajstić information content (AvgIpc) is 1.59. The quantitative estimate of drug-likeness (QED) is 0.161. The molecule has 5 nitrogen and oxygen atoms in total. The van der Waals surface area contributed by atoms with Gasteiger partial charge in [0.1, 0.15) is 0 Å². The summed E-state index contributed by atoms with van der Waals surface area (Å²) in [7, 11) is 0. The van der Waals surface area contributed by atoms with E-state index < -0.39 is 0 Å². The number of para-hydroxylation sites is 9. The van der Waals surface area contributed by atoms with E-state index >= 15 is 0 Å². The number of hydrogen-bond acceptors (Lipinski definition) is 1. The lowest BCUT2D eigenvalue weighted by atomic mass is 9.46. The summed E-state index contributed by atoms with van der Waals surface area (Å²) in [5.41, 5.74) is 28.7. The fourth-order valence-electron chi connectivity index (χ4n) is 16.4. The van der Waals surface area contributed by atoms with E-state index in [1.807, 2.05) is 0 Å². The number of rotatable bonds is 4. The predicted molar refractivity (Wildman–Crippen MR) is 356 cm³/mol. The number of nitrogens with zero attached hydrogens (tertiary/aromatic N) is 5. The van der Waals surface area contributed by atoms with Crippen LogP contribution in [0.3, 0.4) is 0 Å². The fraction of sp³-hybridized carbons (Fsp3) is 0.0649. The molecule has 0 aliphatic carbocycles. The molecule has 392 valence electrons. The van der Waals surface area contributed by atoms with Crippen LogP contribution < -0.4 is 26.7 Å². The Morgan fingerprint density at radius 1 is 0.321 bits per heavy atom. The highest BCUT2D eigenvalue weighted by atomic mass is 15.1. The molecule has 3 aliphatic rings. The molecule has 0 bridgehead atoms. The van der Waals surface area contributed by atoms with Gasteiger partial charge in [0.2, 0.25) is 0 Å². The second-order valence-electron chi connectivity index (χ2n) is 24.4. The first-order valence-electron chi connectivity index (χ1n) is 29.7. The number of aryl methyl sites for hydroxylation is 2. The molecule has 0 saturated carbocycles. The van der Waals surface area contributed by atoms with Crippen LogP contribution in [-0.4, -0.2) is 31.9 Å². The molecule has 0 saturated heterocycles. The highest BCUT2D eigenvalue weighted by Crippen LogP contribution is 2.54. The topological polar surface area (TPSA) is 23.0 Å². The Morgan fingerprint density at radius 3 is 1.51 bits per heavy atom. The summed E-state index contributed by atoms with van der Waals surface area (Å²) >= 11 is 0. The molecule has 0 atom stereocenters. The van der Waals surface area contributed by atoms with Gasteiger partial charge >= 0.3 is 13.7 Å². The van der Waals surface area contributed by atoms with E-state index in [-0.39, 0.29) is 19.1 Å². The van der Waals surface area contributed by atoms with Crippen LogP contribution in [0.25, 0.3) is 115 Å². The molecule has 0 N–H and O–H groups in total. The van der Waals surface area contributed by atoms with Crippen LogP contribution in [0, 0.1) is 13.8 Å². The van der Waals surface area contributed by atoms with Crippen molar-refractivity contribution in [2.24, 2.45) is 0 Å². The molecule has 12 aromatic carbocycles. The molecule has 7 heterocycles. The molecular formula is C77H53B2N5. The van der Waals surface area contributed by atoms with Crippen molar-refractivity contribution in [3.05, 3.63) is 271 Å². The summed E-state index contributed by atoms with van der Waals surface area (Å²) in [4.78, 5) is 2.74. The number of aromatic nitrogens is 4. The van der Waals surface area contributed by atoms with Gasteiger partial charge in [0.05, 0.1) is 33.1 Å². The lowest BCUT2D eigenvalue weighted by Crippen LogP contribution is -2.59. The summed E-state index contributed by atoms with van der Waals surface area (Å²) in [6.45, 7) is 9.26. The number of benzene rings is 12. The molecular weight excluding hydrogens is 1020 g/mol. The molecule has 0 fully saturated rings. The smallest absolute Gasteiger partial charge is 0.332 e. The minimum Gasteiger partial charge on any atom is -0.376 e. The van der Waals surface area contributed by atoms with Crippen molar-refractivity contribution >= 4 is 134 Å². The second-order valence-corrected chi connectivity index (χ2v) is 24.4. The van der Waals surface area contributed by atoms with E-state index in [0.717, 1.165) is 5.69 Å². The molecule has 3 aliphatic heterocycles. The van der Waals surface area contributed by atoms with Gasteiger partial charge in [-0.2, -0.15) is 0 Å². The lowest BCUT2D eigenvalue weighted by Gasteiger charge is -2.46. The third kappa shape index (κ3) is 5.81. The standard InChI is InChI=1S/C77H53B2N5/c1-46-20-15-26-53-54-27-16-21-47(2)73(54)84(72(46)53)79-61-32-9-14-39-69(61)82-66-42-40-49(45-57(66)55-29-19-34-63(79)75(55)82)48-22-17-23-50(44-48)80-65-36-11-6-25-56(65)71-70(80)43-41-59-76(71)83(67-37-12-7-30-58(67)77(59,3)4)78-60-31-8-13-38-68(60)81-64-35-10-5-24-51(64)52-28-18-33-62(78)74(52)81/h5-45H,1-4H3. The van der Waals surface area contributed by atoms with Crippen LogP contribution in [0.1, 0.15) is 36.1 Å². The monoisotopic (exact) mass is 1070 g/mol. The maximum Gasteiger partial charge on any atom is 0.332 e. The Morgan fingerprint density at radius 2 is 0.810 bits per heavy atom. The molecule has 84 heavy (non-hydrogen) atoms. The Balaban J connectivity index is 0.813. The fourth-order valence-corrected chi connectivity index (χ4v) is 16.4. The first-order chi connectivity index (χ1) is 41.3. The van der Waals surface area contributed by atoms with Crippen molar-refractivity contribution in [3.8, 4) is 28.2 Å². The van der Waals surface area contributed by atoms with Crippen molar-refractivity contribution in [2.45, 2.75) is 33.1 Å². The normalized spacial score (nSPS) is 14.0. The summed E-state index contributed by atoms with van der Waals surface area (Å²) in [5, 5.41) is 10.2. The summed E-state index contributed by atoms with van der Waals surface area (Å²) < 4.78 is 10.3. The number of hydrogen-bond donors (Lipinski definition) is 0. The highest BCUT2D eigenvalue weighted by molar-refractivity contribution is 6.92. The van der Waals surface area contributed by atoms with Crippen LogP contribution in [0.5, 0.6) is 0 Å². The Labute approximate surface area is 486 Å². The van der Waals surface area contributed by atoms with Gasteiger partial charge in [-0.25, -0.2) is 0 Å². The van der Waals surface area contributed by atoms with E-state index in [0.29, 0.717) is 0 Å². The van der Waals surface area contributed by atoms with E-state index in [1.165, 1.54) is 165 Å². The van der Waals surface area contributed by atoms with Crippen LogP contribution in [0.2, 0.25) is 0 Å². The van der Waals surface area contributed by atoms with E-state index in [1.54, 1.807) is 0 Å². The summed E-state index contributed by atoms with van der Waals surface area (Å²) in [5.74, 6) is 0. The van der Waals surface area contributed by atoms with Gasteiger partial charge < -0.3 is 23.0 Å². The van der Waals surface area contributed by atoms with Gasteiger partial charge in [0.25, 0.3) is 0 Å². The minimum atomic E-state index is -0.289. The van der Waals surface area contributed by atoms with Gasteiger partial charge in [-0.3, -0.25) is 0 Å². The third-order valence-electron chi connectivity index (χ3n) is 19.8. The molecule has 0 spiro atoms. The van der Waals surface area contributed by atoms with E-state index in [9.17, 15) is 0 Å². The third-order valence-corrected chi connectivity index (χ3v) is 19.8. The van der Waals surface area contributed by atoms with Gasteiger partial charge in [-0.15, -0.1) is 0 Å². The second kappa shape index (κ2) is 16.5. The molecule has 0 amide bonds. The minimum absolute atomic E-state index is 0.0227. The van der Waals surface area contributed by atoms with Gasteiger partial charge in [0.15, 0.2) is 0 Å². The molecule has 4 aromatic heterocycles. The average molecular weight is 1070 g/mol. The Hall–Kier alpha value is -10.2. The van der Waals surface area contributed by atoms with Crippen LogP contribution in [-0.2, 0) is 5.41 Å². The van der Waals surface area contributed by atoms with Crippen LogP contribution in [0.15, 0.2) is 249 Å². The molecule has 0 radical (unpaired) electrons. The number of anilines is 2. The van der Waals surface area contributed by atoms with Crippen molar-refractivity contribution < 1.29 is 0 Å². The number of fused-ring (bicyclic) bond motifs is 19. The molecule has 0 unspecified atom stereocenters. The summed E-state index contributed by atoms with van der Waals surface area (Å²) in [6.07, 6.45) is 0. The Bertz CT molecular complexity index is 5550. The predicted octanol–water partition coefficient (Wildman–Crippen LogP) is 16.2. The maximum atomic E-state index is 2.74. The maximum absolute atomic E-state index is 2.74. The zero-order valence-electron chi connectivity index (χ0n) is 47.1. The Kier molecular flexibility index (Phi) is 9.11. The first-order valence-corrected chi connectivity index (χ1v) is 29.7. The van der Waals surface area contributed by atoms with Crippen molar-refractivity contribution in [2.75, 3.05) is 4.81 Å². The largest absolute Gasteiger partial charge is 0.376 e. The van der Waals surface area contributed by atoms with E-state index in [4.69, 9.17) is 0 Å². The molecule has 7 heteroatoms. The van der Waals surface area contributed by atoms with Crippen LogP contribution >= 0.6 is 0 Å². The SMILES string of the molecule is Cc1cccc2c3cccc(C)c3n(B3c4ccccc4-n4c5ccc(-c6cccc(-n7c8ccccc8c8c9c(ccc87)C(C)(C)c7ccccc7N9B7c8ccccc8-n8c9ccccc9c9cccc7c98)c6)cc5c5cccc3c54)c12. The van der Waals surface area contributed by atoms with Crippen molar-refractivity contribution in [1.82, 2.24) is 18.2 Å². The highest BCUT2D eigenvalue weighted by Gasteiger charge is 2.46. The zero-order valence-corrected chi connectivity index (χ0v) is 47.1. The zero-order chi connectivity index (χ0) is 55.4. The van der Waals surface area contributed by atoms with Gasteiger partial charge in [0, 0.05) is 88.0 Å². The molecule has 16 aromatic rings. The van der Waals surface area contributed by atoms with E-state index in [2.05, 4.69) is 299 Å². The summed E-state index contributed by atoms with van der Waals surface area (Å²) in [6, 6.07) is 94.4. The van der Waals surface area contributed by atoms with Gasteiger partial charge in [-0.1, -0.05) is 202 Å². The van der Waals surface area contributed by atoms with Crippen molar-refractivity contribution in [1.29, 1.82) is 0 Å². The first kappa shape index (κ1) is 46.4. The molecule has 19 rings (SSSR count). The van der Waals surface area contributed by atoms with Crippen molar-refractivity contribution in [3.63, 3.8) is 0 Å². The van der Waals surface area contributed by atoms with Crippen LogP contribution in [0.4, 0.5) is 11.4 Å².